The number of aliphatic hydroxyl groups excluding tert-OH is 1. The topological polar surface area (TPSA) is 63.8 Å². The van der Waals surface area contributed by atoms with Gasteiger partial charge in [0.1, 0.15) is 0 Å². The number of hydrogen-bond acceptors (Lipinski definition) is 5. The molecule has 0 amide bonds. The Bertz CT molecular complexity index is 539. The van der Waals surface area contributed by atoms with Gasteiger partial charge in [0, 0.05) is 16.2 Å². The first-order valence-electron chi connectivity index (χ1n) is 6.75. The molecule has 2 aromatic rings. The monoisotopic (exact) mass is 278 g/mol. The maximum absolute atomic E-state index is 10.3. The van der Waals surface area contributed by atoms with Crippen molar-refractivity contribution in [3.05, 3.63) is 27.2 Å². The molecule has 102 valence electrons. The molecule has 2 heterocycles. The molecule has 1 atom stereocenters. The largest absolute Gasteiger partial charge is 0.387 e. The molecular weight excluding hydrogens is 260 g/mol. The molecule has 1 unspecified atom stereocenters. The van der Waals surface area contributed by atoms with Crippen LogP contribution in [0.1, 0.15) is 46.5 Å². The van der Waals surface area contributed by atoms with Gasteiger partial charge in [0.25, 0.3) is 0 Å². The van der Waals surface area contributed by atoms with Crippen LogP contribution in [0.3, 0.4) is 0 Å². The Kier molecular flexibility index (Phi) is 3.61. The summed E-state index contributed by atoms with van der Waals surface area (Å²) in [6.45, 7) is 0. The summed E-state index contributed by atoms with van der Waals surface area (Å²) in [4.78, 5) is 3.92. The molecule has 3 rings (SSSR count). The highest BCUT2D eigenvalue weighted by molar-refractivity contribution is 7.12. The molecule has 1 N–H and O–H groups in total. The minimum Gasteiger partial charge on any atom is -0.387 e. The first kappa shape index (κ1) is 12.7. The number of aryl methyl sites for hydroxylation is 3. The number of aliphatic hydroxyl groups is 1. The maximum atomic E-state index is 10.3. The van der Waals surface area contributed by atoms with Gasteiger partial charge in [-0.2, -0.15) is 4.80 Å². The molecule has 19 heavy (non-hydrogen) atoms. The van der Waals surface area contributed by atoms with E-state index in [1.54, 1.807) is 18.4 Å². The number of nitrogens with zero attached hydrogens (tertiary/aromatic N) is 4. The van der Waals surface area contributed by atoms with Crippen molar-refractivity contribution in [3.8, 4) is 0 Å². The Balaban J connectivity index is 1.74. The Hall–Kier alpha value is -1.27. The molecule has 1 aliphatic carbocycles. The van der Waals surface area contributed by atoms with E-state index in [0.29, 0.717) is 12.2 Å². The minimum atomic E-state index is -0.513. The van der Waals surface area contributed by atoms with Gasteiger partial charge in [-0.3, -0.25) is 0 Å². The van der Waals surface area contributed by atoms with Crippen LogP contribution in [0.15, 0.2) is 6.07 Å². The van der Waals surface area contributed by atoms with Crippen molar-refractivity contribution in [2.75, 3.05) is 0 Å². The van der Waals surface area contributed by atoms with Gasteiger partial charge in [0.2, 0.25) is 0 Å². The van der Waals surface area contributed by atoms with Crippen LogP contribution < -0.4 is 0 Å². The average Bonchev–Trinajstić information content (AvgIpc) is 2.91. The molecule has 0 bridgehead atoms. The van der Waals surface area contributed by atoms with Crippen LogP contribution in [0.5, 0.6) is 0 Å². The second-order valence-corrected chi connectivity index (χ2v) is 6.24. The van der Waals surface area contributed by atoms with E-state index in [1.807, 2.05) is 0 Å². The van der Waals surface area contributed by atoms with E-state index in [9.17, 15) is 5.11 Å². The molecule has 1 aliphatic rings. The van der Waals surface area contributed by atoms with E-state index in [2.05, 4.69) is 21.5 Å². The summed E-state index contributed by atoms with van der Waals surface area (Å²) in [5.41, 5.74) is 1.43. The lowest BCUT2D eigenvalue weighted by atomic mass is 10.1. The third kappa shape index (κ3) is 2.84. The molecule has 5 nitrogen and oxygen atoms in total. The van der Waals surface area contributed by atoms with Crippen LogP contribution in [0.4, 0.5) is 0 Å². The minimum absolute atomic E-state index is 0.438. The van der Waals surface area contributed by atoms with Crippen molar-refractivity contribution in [3.63, 3.8) is 0 Å². The lowest BCUT2D eigenvalue weighted by molar-refractivity contribution is 0.179. The third-order valence-corrected chi connectivity index (χ3v) is 4.86. The fourth-order valence-corrected chi connectivity index (χ4v) is 3.78. The van der Waals surface area contributed by atoms with Gasteiger partial charge in [-0.1, -0.05) is 6.42 Å². The summed E-state index contributed by atoms with van der Waals surface area (Å²) < 4.78 is 0. The van der Waals surface area contributed by atoms with Gasteiger partial charge in [-0.25, -0.2) is 0 Å². The summed E-state index contributed by atoms with van der Waals surface area (Å²) >= 11 is 1.75. The molecule has 6 heteroatoms. The first-order chi connectivity index (χ1) is 9.22. The molecule has 0 fully saturated rings. The fraction of sp³-hybridized carbons (Fsp3) is 0.615. The summed E-state index contributed by atoms with van der Waals surface area (Å²) in [6, 6.07) is 2.17. The van der Waals surface area contributed by atoms with Crippen LogP contribution in [-0.2, 0) is 26.3 Å². The Morgan fingerprint density at radius 1 is 1.37 bits per heavy atom. The highest BCUT2D eigenvalue weighted by Crippen LogP contribution is 2.33. The second-order valence-electron chi connectivity index (χ2n) is 5.07. The maximum Gasteiger partial charge on any atom is 0.177 e. The van der Waals surface area contributed by atoms with E-state index in [-0.39, 0.29) is 0 Å². The molecule has 0 saturated carbocycles. The van der Waals surface area contributed by atoms with Gasteiger partial charge >= 0.3 is 0 Å². The highest BCUT2D eigenvalue weighted by atomic mass is 32.1. The predicted molar refractivity (Wildman–Crippen MR) is 73.0 cm³/mol. The molecule has 0 spiro atoms. The number of rotatable bonds is 3. The van der Waals surface area contributed by atoms with E-state index < -0.39 is 6.10 Å². The molecule has 2 aromatic heterocycles. The van der Waals surface area contributed by atoms with Crippen molar-refractivity contribution in [1.29, 1.82) is 0 Å². The van der Waals surface area contributed by atoms with Gasteiger partial charge in [0.05, 0.1) is 13.2 Å². The summed E-state index contributed by atoms with van der Waals surface area (Å²) in [5.74, 6) is 0.596. The van der Waals surface area contributed by atoms with E-state index in [1.165, 1.54) is 34.5 Å². The lowest BCUT2D eigenvalue weighted by Gasteiger charge is -2.04. The Morgan fingerprint density at radius 3 is 3.00 bits per heavy atom. The summed E-state index contributed by atoms with van der Waals surface area (Å²) in [7, 11) is 1.73. The molecular formula is C13H18N4OS. The van der Waals surface area contributed by atoms with Crippen LogP contribution >= 0.6 is 11.3 Å². The van der Waals surface area contributed by atoms with Crippen molar-refractivity contribution >= 4 is 11.3 Å². The zero-order valence-electron chi connectivity index (χ0n) is 11.0. The lowest BCUT2D eigenvalue weighted by Crippen LogP contribution is -2.02. The Morgan fingerprint density at radius 2 is 2.21 bits per heavy atom. The van der Waals surface area contributed by atoms with Gasteiger partial charge in [0.15, 0.2) is 5.82 Å². The standard InChI is InChI=1S/C13H18N4OS/c1-17-15-13(14-16-17)8-10(18)12-7-9-5-3-2-4-6-11(9)19-12/h7,10,18H,2-6,8H2,1H3. The van der Waals surface area contributed by atoms with Gasteiger partial charge in [-0.05, 0) is 42.5 Å². The fourth-order valence-electron chi connectivity index (χ4n) is 2.53. The van der Waals surface area contributed by atoms with Crippen LogP contribution in [0.2, 0.25) is 0 Å². The smallest absolute Gasteiger partial charge is 0.177 e. The van der Waals surface area contributed by atoms with Gasteiger partial charge in [-0.15, -0.1) is 21.5 Å². The average molecular weight is 278 g/mol. The molecule has 0 saturated heterocycles. The number of hydrogen-bond donors (Lipinski definition) is 1. The van der Waals surface area contributed by atoms with Gasteiger partial charge < -0.3 is 5.11 Å². The quantitative estimate of drug-likeness (QED) is 0.870. The predicted octanol–water partition coefficient (Wildman–Crippen LogP) is 1.82. The van der Waals surface area contributed by atoms with E-state index in [0.717, 1.165) is 17.7 Å². The Labute approximate surface area is 116 Å². The highest BCUT2D eigenvalue weighted by Gasteiger charge is 2.18. The van der Waals surface area contributed by atoms with Crippen molar-refractivity contribution in [1.82, 2.24) is 20.2 Å². The van der Waals surface area contributed by atoms with Crippen molar-refractivity contribution < 1.29 is 5.11 Å². The van der Waals surface area contributed by atoms with E-state index >= 15 is 0 Å². The number of aromatic nitrogens is 4. The summed E-state index contributed by atoms with van der Waals surface area (Å²) in [6.07, 6.45) is 6.11. The summed E-state index contributed by atoms with van der Waals surface area (Å²) in [5, 5.41) is 22.1. The van der Waals surface area contributed by atoms with Crippen LogP contribution in [-0.4, -0.2) is 25.3 Å². The third-order valence-electron chi connectivity index (χ3n) is 3.52. The number of thiophene rings is 1. The number of fused-ring (bicyclic) bond motifs is 1. The molecule has 0 aliphatic heterocycles. The molecule has 0 aromatic carbocycles. The second kappa shape index (κ2) is 5.38. The van der Waals surface area contributed by atoms with Crippen LogP contribution in [0.25, 0.3) is 0 Å². The van der Waals surface area contributed by atoms with Crippen molar-refractivity contribution in [2.24, 2.45) is 7.05 Å². The molecule has 0 radical (unpaired) electrons. The SMILES string of the molecule is Cn1nnc(CC(O)c2cc3c(s2)CCCCC3)n1. The van der Waals surface area contributed by atoms with E-state index in [4.69, 9.17) is 0 Å². The first-order valence-corrected chi connectivity index (χ1v) is 7.56. The number of tetrazole rings is 1. The zero-order valence-corrected chi connectivity index (χ0v) is 11.9. The normalized spacial score (nSPS) is 16.9. The van der Waals surface area contributed by atoms with Crippen LogP contribution in [0, 0.1) is 0 Å². The zero-order chi connectivity index (χ0) is 13.2. The van der Waals surface area contributed by atoms with Crippen molar-refractivity contribution in [2.45, 2.75) is 44.6 Å².